The lowest BCUT2D eigenvalue weighted by Crippen LogP contribution is -2.51. The minimum atomic E-state index is -3.39. The van der Waals surface area contributed by atoms with E-state index in [2.05, 4.69) is 17.0 Å². The van der Waals surface area contributed by atoms with Crippen molar-refractivity contribution < 1.29 is 13.2 Å². The summed E-state index contributed by atoms with van der Waals surface area (Å²) in [6, 6.07) is 10.3. The van der Waals surface area contributed by atoms with Crippen molar-refractivity contribution in [2.24, 2.45) is 0 Å². The molecule has 1 heterocycles. The van der Waals surface area contributed by atoms with Crippen LogP contribution in [0.1, 0.15) is 12.0 Å². The smallest absolute Gasteiger partial charge is 0.237 e. The number of carbonyl (C=O) groups excluding carboxylic acids is 1. The SMILES string of the molecule is CN(C)CCCN(CC(=O)N1CCN(Cc2ccccc2)CC1)S(C)(=O)=O. The highest BCUT2D eigenvalue weighted by Gasteiger charge is 2.26. The van der Waals surface area contributed by atoms with Gasteiger partial charge in [-0.15, -0.1) is 0 Å². The molecule has 1 aromatic carbocycles. The van der Waals surface area contributed by atoms with Crippen LogP contribution in [0.25, 0.3) is 0 Å². The third-order valence-corrected chi connectivity index (χ3v) is 6.02. The van der Waals surface area contributed by atoms with E-state index in [0.29, 0.717) is 26.1 Å². The standard InChI is InChI=1S/C19H32N4O3S/c1-20(2)10-7-11-23(27(3,25)26)17-19(24)22-14-12-21(13-15-22)16-18-8-5-4-6-9-18/h4-6,8-9H,7,10-17H2,1-3H3. The molecule has 0 atom stereocenters. The second kappa shape index (κ2) is 10.2. The number of hydrogen-bond donors (Lipinski definition) is 0. The molecule has 7 nitrogen and oxygen atoms in total. The van der Waals surface area contributed by atoms with E-state index in [1.54, 1.807) is 4.90 Å². The van der Waals surface area contributed by atoms with Crippen LogP contribution in [0.5, 0.6) is 0 Å². The van der Waals surface area contributed by atoms with Crippen LogP contribution < -0.4 is 0 Å². The number of rotatable bonds is 9. The Labute approximate surface area is 163 Å². The van der Waals surface area contributed by atoms with Crippen molar-refractivity contribution in [2.45, 2.75) is 13.0 Å². The Balaban J connectivity index is 1.82. The van der Waals surface area contributed by atoms with Crippen molar-refractivity contribution in [3.05, 3.63) is 35.9 Å². The molecule has 1 aliphatic rings. The van der Waals surface area contributed by atoms with E-state index < -0.39 is 10.0 Å². The zero-order valence-electron chi connectivity index (χ0n) is 16.7. The molecule has 2 rings (SSSR count). The maximum atomic E-state index is 12.6. The molecule has 0 unspecified atom stereocenters. The highest BCUT2D eigenvalue weighted by atomic mass is 32.2. The molecule has 1 aliphatic heterocycles. The average Bonchev–Trinajstić information content (AvgIpc) is 2.61. The Morgan fingerprint density at radius 1 is 1.04 bits per heavy atom. The van der Waals surface area contributed by atoms with Gasteiger partial charge in [0.2, 0.25) is 15.9 Å². The van der Waals surface area contributed by atoms with E-state index in [4.69, 9.17) is 0 Å². The average molecular weight is 397 g/mol. The molecule has 0 spiro atoms. The third kappa shape index (κ3) is 7.57. The van der Waals surface area contributed by atoms with Crippen LogP contribution in [0.4, 0.5) is 0 Å². The maximum Gasteiger partial charge on any atom is 0.237 e. The van der Waals surface area contributed by atoms with Crippen LogP contribution in [-0.4, -0.2) is 99.5 Å². The second-order valence-electron chi connectivity index (χ2n) is 7.40. The van der Waals surface area contributed by atoms with Gasteiger partial charge in [-0.3, -0.25) is 9.69 Å². The first-order chi connectivity index (χ1) is 12.8. The van der Waals surface area contributed by atoms with Crippen LogP contribution in [-0.2, 0) is 21.4 Å². The van der Waals surface area contributed by atoms with Gasteiger partial charge >= 0.3 is 0 Å². The number of nitrogens with zero attached hydrogens (tertiary/aromatic N) is 4. The molecular weight excluding hydrogens is 364 g/mol. The number of benzene rings is 1. The predicted octanol–water partition coefficient (Wildman–Crippen LogP) is 0.544. The maximum absolute atomic E-state index is 12.6. The zero-order valence-corrected chi connectivity index (χ0v) is 17.5. The van der Waals surface area contributed by atoms with Crippen molar-refractivity contribution in [3.8, 4) is 0 Å². The lowest BCUT2D eigenvalue weighted by Gasteiger charge is -2.35. The van der Waals surface area contributed by atoms with Crippen molar-refractivity contribution >= 4 is 15.9 Å². The van der Waals surface area contributed by atoms with Gasteiger partial charge in [-0.1, -0.05) is 30.3 Å². The number of carbonyl (C=O) groups is 1. The molecule has 0 saturated carbocycles. The first-order valence-corrected chi connectivity index (χ1v) is 11.2. The Bertz CT molecular complexity index is 686. The van der Waals surface area contributed by atoms with Crippen LogP contribution >= 0.6 is 0 Å². The highest BCUT2D eigenvalue weighted by molar-refractivity contribution is 7.88. The molecule has 1 amide bonds. The lowest BCUT2D eigenvalue weighted by atomic mass is 10.2. The molecule has 0 N–H and O–H groups in total. The summed E-state index contributed by atoms with van der Waals surface area (Å²) < 4.78 is 25.3. The largest absolute Gasteiger partial charge is 0.339 e. The molecule has 1 aromatic rings. The van der Waals surface area contributed by atoms with Gasteiger partial charge in [-0.05, 0) is 32.6 Å². The van der Waals surface area contributed by atoms with Gasteiger partial charge in [-0.25, -0.2) is 8.42 Å². The second-order valence-corrected chi connectivity index (χ2v) is 9.38. The van der Waals surface area contributed by atoms with Crippen molar-refractivity contribution in [3.63, 3.8) is 0 Å². The van der Waals surface area contributed by atoms with E-state index in [1.165, 1.54) is 16.1 Å². The van der Waals surface area contributed by atoms with Crippen molar-refractivity contribution in [2.75, 3.05) is 66.2 Å². The summed E-state index contributed by atoms with van der Waals surface area (Å²) in [6.07, 6.45) is 1.88. The molecular formula is C19H32N4O3S. The van der Waals surface area contributed by atoms with Crippen molar-refractivity contribution in [1.29, 1.82) is 0 Å². The Hall–Kier alpha value is -1.48. The van der Waals surface area contributed by atoms with Crippen molar-refractivity contribution in [1.82, 2.24) is 19.0 Å². The van der Waals surface area contributed by atoms with Crippen LogP contribution in [0, 0.1) is 0 Å². The fourth-order valence-electron chi connectivity index (χ4n) is 3.17. The lowest BCUT2D eigenvalue weighted by molar-refractivity contribution is -0.133. The van der Waals surface area contributed by atoms with E-state index >= 15 is 0 Å². The van der Waals surface area contributed by atoms with Gasteiger partial charge in [0.25, 0.3) is 0 Å². The number of amides is 1. The van der Waals surface area contributed by atoms with Crippen LogP contribution in [0.3, 0.4) is 0 Å². The van der Waals surface area contributed by atoms with Crippen LogP contribution in [0.2, 0.25) is 0 Å². The Morgan fingerprint density at radius 3 is 2.22 bits per heavy atom. The Morgan fingerprint density at radius 2 is 1.67 bits per heavy atom. The van der Waals surface area contributed by atoms with Crippen LogP contribution in [0.15, 0.2) is 30.3 Å². The highest BCUT2D eigenvalue weighted by Crippen LogP contribution is 2.10. The monoisotopic (exact) mass is 396 g/mol. The van der Waals surface area contributed by atoms with E-state index in [0.717, 1.165) is 26.2 Å². The normalized spacial score (nSPS) is 16.3. The summed E-state index contributed by atoms with van der Waals surface area (Å²) in [5.41, 5.74) is 1.27. The number of sulfonamides is 1. The van der Waals surface area contributed by atoms with Gasteiger partial charge < -0.3 is 9.80 Å². The molecule has 1 fully saturated rings. The quantitative estimate of drug-likeness (QED) is 0.610. The van der Waals surface area contributed by atoms with Gasteiger partial charge in [0.1, 0.15) is 0 Å². The summed E-state index contributed by atoms with van der Waals surface area (Å²) in [5, 5.41) is 0. The summed E-state index contributed by atoms with van der Waals surface area (Å²) >= 11 is 0. The minimum Gasteiger partial charge on any atom is -0.339 e. The van der Waals surface area contributed by atoms with E-state index in [9.17, 15) is 13.2 Å². The molecule has 0 radical (unpaired) electrons. The minimum absolute atomic E-state index is 0.0645. The van der Waals surface area contributed by atoms with E-state index in [-0.39, 0.29) is 12.5 Å². The van der Waals surface area contributed by atoms with Gasteiger partial charge in [0.15, 0.2) is 0 Å². The molecule has 1 saturated heterocycles. The van der Waals surface area contributed by atoms with E-state index in [1.807, 2.05) is 37.2 Å². The fraction of sp³-hybridized carbons (Fsp3) is 0.632. The summed E-state index contributed by atoms with van der Waals surface area (Å²) in [6.45, 7) is 4.87. The number of hydrogen-bond acceptors (Lipinski definition) is 5. The summed E-state index contributed by atoms with van der Waals surface area (Å²) in [5.74, 6) is -0.107. The topological polar surface area (TPSA) is 64.2 Å². The third-order valence-electron chi connectivity index (χ3n) is 4.77. The molecule has 0 aromatic heterocycles. The summed E-state index contributed by atoms with van der Waals surface area (Å²) in [4.78, 5) is 18.7. The Kier molecular flexibility index (Phi) is 8.22. The zero-order chi connectivity index (χ0) is 19.9. The molecule has 27 heavy (non-hydrogen) atoms. The molecule has 152 valence electrons. The van der Waals surface area contributed by atoms with Gasteiger partial charge in [-0.2, -0.15) is 4.31 Å². The molecule has 0 aliphatic carbocycles. The predicted molar refractivity (Wildman–Crippen MR) is 108 cm³/mol. The molecule has 0 bridgehead atoms. The van der Waals surface area contributed by atoms with Gasteiger partial charge in [0, 0.05) is 39.3 Å². The molecule has 8 heteroatoms. The van der Waals surface area contributed by atoms with Gasteiger partial charge in [0.05, 0.1) is 12.8 Å². The summed E-state index contributed by atoms with van der Waals surface area (Å²) in [7, 11) is 0.507. The first kappa shape index (κ1) is 21.8. The first-order valence-electron chi connectivity index (χ1n) is 9.39. The fourth-order valence-corrected chi connectivity index (χ4v) is 3.98. The number of piperazine rings is 1.